The second-order valence-electron chi connectivity index (χ2n) is 7.26. The highest BCUT2D eigenvalue weighted by Gasteiger charge is 2.23. The predicted octanol–water partition coefficient (Wildman–Crippen LogP) is 4.37. The molecule has 1 fully saturated rings. The largest absolute Gasteiger partial charge is 0.439 e. The highest BCUT2D eigenvalue weighted by atomic mass is 19.1. The molecule has 3 aromatic rings. The van der Waals surface area contributed by atoms with Crippen LogP contribution in [0.3, 0.4) is 0 Å². The first-order valence-corrected chi connectivity index (χ1v) is 10.0. The van der Waals surface area contributed by atoms with Gasteiger partial charge in [0.15, 0.2) is 0 Å². The molecule has 0 atom stereocenters. The van der Waals surface area contributed by atoms with Crippen molar-refractivity contribution in [1.29, 1.82) is 0 Å². The average Bonchev–Trinajstić information content (AvgIpc) is 2.80. The van der Waals surface area contributed by atoms with Gasteiger partial charge in [-0.15, -0.1) is 0 Å². The fraction of sp³-hybridized carbons (Fsp3) is 0.261. The van der Waals surface area contributed by atoms with Crippen LogP contribution in [0.5, 0.6) is 11.6 Å². The Labute approximate surface area is 174 Å². The lowest BCUT2D eigenvalue weighted by Crippen LogP contribution is -2.39. The second-order valence-corrected chi connectivity index (χ2v) is 7.26. The second kappa shape index (κ2) is 9.35. The van der Waals surface area contributed by atoms with Gasteiger partial charge in [-0.25, -0.2) is 9.37 Å². The molecule has 1 amide bonds. The summed E-state index contributed by atoms with van der Waals surface area (Å²) in [5, 5.41) is 3.26. The maximum Gasteiger partial charge on any atom is 0.253 e. The molecule has 30 heavy (non-hydrogen) atoms. The number of likely N-dealkylation sites (tertiary alicyclic amines) is 1. The Hall–Kier alpha value is -3.48. The maximum atomic E-state index is 13.0. The lowest BCUT2D eigenvalue weighted by molar-refractivity contribution is 0.0695. The van der Waals surface area contributed by atoms with Crippen molar-refractivity contribution < 1.29 is 13.9 Å². The zero-order chi connectivity index (χ0) is 20.8. The number of hydrogen-bond acceptors (Lipinski definition) is 5. The number of nitrogens with one attached hydrogen (secondary N) is 1. The normalized spacial score (nSPS) is 14.4. The van der Waals surface area contributed by atoms with Crippen molar-refractivity contribution in [2.75, 3.05) is 25.0 Å². The number of benzene rings is 2. The maximum absolute atomic E-state index is 13.0. The molecule has 4 rings (SSSR count). The molecule has 7 heteroatoms. The molecular formula is C23H23FN4O2. The molecule has 1 aromatic heterocycles. The van der Waals surface area contributed by atoms with Crippen LogP contribution < -0.4 is 10.1 Å². The standard InChI is InChI=1S/C23H23FN4O2/c24-19-6-8-20(9-7-19)30-21-10-13-25-23(27-21)26-16-17-11-14-28(15-12-17)22(29)18-4-2-1-3-5-18/h1-10,13,17H,11-12,14-16H2,(H,25,26,27). The van der Waals surface area contributed by atoms with E-state index in [1.807, 2.05) is 35.2 Å². The van der Waals surface area contributed by atoms with Crippen LogP contribution >= 0.6 is 0 Å². The van der Waals surface area contributed by atoms with Gasteiger partial charge in [0.1, 0.15) is 11.6 Å². The van der Waals surface area contributed by atoms with Gasteiger partial charge in [0.2, 0.25) is 11.8 Å². The van der Waals surface area contributed by atoms with E-state index in [-0.39, 0.29) is 11.7 Å². The summed E-state index contributed by atoms with van der Waals surface area (Å²) in [6.07, 6.45) is 3.48. The number of rotatable bonds is 6. The van der Waals surface area contributed by atoms with E-state index in [0.29, 0.717) is 23.5 Å². The third kappa shape index (κ3) is 5.11. The Morgan fingerprint density at radius 3 is 2.53 bits per heavy atom. The lowest BCUT2D eigenvalue weighted by Gasteiger charge is -2.32. The van der Waals surface area contributed by atoms with Gasteiger partial charge in [0.05, 0.1) is 0 Å². The van der Waals surface area contributed by atoms with Gasteiger partial charge in [-0.05, 0) is 55.2 Å². The van der Waals surface area contributed by atoms with Gasteiger partial charge < -0.3 is 15.0 Å². The first kappa shape index (κ1) is 19.8. The van der Waals surface area contributed by atoms with E-state index in [9.17, 15) is 9.18 Å². The minimum atomic E-state index is -0.316. The molecule has 1 aliphatic heterocycles. The topological polar surface area (TPSA) is 67.4 Å². The van der Waals surface area contributed by atoms with E-state index in [0.717, 1.165) is 38.0 Å². The van der Waals surface area contributed by atoms with Gasteiger partial charge >= 0.3 is 0 Å². The third-order valence-electron chi connectivity index (χ3n) is 5.14. The molecule has 0 spiro atoms. The van der Waals surface area contributed by atoms with Gasteiger partial charge in [-0.3, -0.25) is 4.79 Å². The summed E-state index contributed by atoms with van der Waals surface area (Å²) in [7, 11) is 0. The van der Waals surface area contributed by atoms with Crippen molar-refractivity contribution in [2.45, 2.75) is 12.8 Å². The Morgan fingerprint density at radius 2 is 1.80 bits per heavy atom. The van der Waals surface area contributed by atoms with E-state index in [2.05, 4.69) is 15.3 Å². The summed E-state index contributed by atoms with van der Waals surface area (Å²) in [4.78, 5) is 23.1. The molecule has 1 aliphatic rings. The molecule has 1 N–H and O–H groups in total. The molecule has 2 heterocycles. The molecule has 0 bridgehead atoms. The SMILES string of the molecule is O=C(c1ccccc1)N1CCC(CNc2nccc(Oc3ccc(F)cc3)n2)CC1. The van der Waals surface area contributed by atoms with Crippen LogP contribution in [-0.4, -0.2) is 40.4 Å². The third-order valence-corrected chi connectivity index (χ3v) is 5.14. The smallest absolute Gasteiger partial charge is 0.253 e. The number of hydrogen-bond donors (Lipinski definition) is 1. The Kier molecular flexibility index (Phi) is 6.17. The van der Waals surface area contributed by atoms with Crippen LogP contribution in [0, 0.1) is 11.7 Å². The van der Waals surface area contributed by atoms with Gasteiger partial charge in [0, 0.05) is 37.5 Å². The molecule has 0 aliphatic carbocycles. The Morgan fingerprint density at radius 1 is 1.07 bits per heavy atom. The first-order chi connectivity index (χ1) is 14.7. The summed E-state index contributed by atoms with van der Waals surface area (Å²) in [6.45, 7) is 2.22. The summed E-state index contributed by atoms with van der Waals surface area (Å²) >= 11 is 0. The van der Waals surface area contributed by atoms with Crippen LogP contribution in [0.4, 0.5) is 10.3 Å². The number of nitrogens with zero attached hydrogens (tertiary/aromatic N) is 3. The molecule has 2 aromatic carbocycles. The fourth-order valence-electron chi connectivity index (χ4n) is 3.45. The number of halogens is 1. The van der Waals surface area contributed by atoms with Crippen molar-refractivity contribution in [3.8, 4) is 11.6 Å². The van der Waals surface area contributed by atoms with Crippen molar-refractivity contribution in [3.05, 3.63) is 78.2 Å². The summed E-state index contributed by atoms with van der Waals surface area (Å²) in [6, 6.07) is 16.8. The van der Waals surface area contributed by atoms with E-state index in [4.69, 9.17) is 4.74 Å². The number of anilines is 1. The van der Waals surface area contributed by atoms with Crippen molar-refractivity contribution in [1.82, 2.24) is 14.9 Å². The molecular weight excluding hydrogens is 383 g/mol. The van der Waals surface area contributed by atoms with Crippen LogP contribution in [0.15, 0.2) is 66.9 Å². The summed E-state index contributed by atoms with van der Waals surface area (Å²) in [5.74, 6) is 1.60. The number of aromatic nitrogens is 2. The number of carbonyl (C=O) groups is 1. The molecule has 0 radical (unpaired) electrons. The summed E-state index contributed by atoms with van der Waals surface area (Å²) in [5.41, 5.74) is 0.737. The van der Waals surface area contributed by atoms with Crippen LogP contribution in [0.25, 0.3) is 0 Å². The van der Waals surface area contributed by atoms with Crippen molar-refractivity contribution >= 4 is 11.9 Å². The first-order valence-electron chi connectivity index (χ1n) is 10.0. The van der Waals surface area contributed by atoms with E-state index in [1.165, 1.54) is 12.1 Å². The predicted molar refractivity (Wildman–Crippen MR) is 112 cm³/mol. The minimum Gasteiger partial charge on any atom is -0.439 e. The molecule has 0 saturated carbocycles. The summed E-state index contributed by atoms with van der Waals surface area (Å²) < 4.78 is 18.7. The van der Waals surface area contributed by atoms with Crippen molar-refractivity contribution in [3.63, 3.8) is 0 Å². The average molecular weight is 406 g/mol. The minimum absolute atomic E-state index is 0.0935. The van der Waals surface area contributed by atoms with Crippen LogP contribution in [0.1, 0.15) is 23.2 Å². The van der Waals surface area contributed by atoms with Crippen molar-refractivity contribution in [2.24, 2.45) is 5.92 Å². The number of amides is 1. The number of carbonyl (C=O) groups excluding carboxylic acids is 1. The molecule has 0 unspecified atom stereocenters. The van der Waals surface area contributed by atoms with Crippen LogP contribution in [-0.2, 0) is 0 Å². The highest BCUT2D eigenvalue weighted by Crippen LogP contribution is 2.22. The van der Waals surface area contributed by atoms with Gasteiger partial charge in [-0.2, -0.15) is 4.98 Å². The Bertz CT molecular complexity index is 974. The van der Waals surface area contributed by atoms with Gasteiger partial charge in [-0.1, -0.05) is 18.2 Å². The number of piperidine rings is 1. The van der Waals surface area contributed by atoms with Crippen LogP contribution in [0.2, 0.25) is 0 Å². The highest BCUT2D eigenvalue weighted by molar-refractivity contribution is 5.94. The quantitative estimate of drug-likeness (QED) is 0.658. The molecule has 6 nitrogen and oxygen atoms in total. The molecule has 154 valence electrons. The molecule has 1 saturated heterocycles. The van der Waals surface area contributed by atoms with E-state index >= 15 is 0 Å². The monoisotopic (exact) mass is 406 g/mol. The zero-order valence-corrected chi connectivity index (χ0v) is 16.5. The van der Waals surface area contributed by atoms with E-state index in [1.54, 1.807) is 24.4 Å². The zero-order valence-electron chi connectivity index (χ0n) is 16.5. The Balaban J connectivity index is 1.26. The van der Waals surface area contributed by atoms with Gasteiger partial charge in [0.25, 0.3) is 5.91 Å². The van der Waals surface area contributed by atoms with E-state index < -0.39 is 0 Å². The number of ether oxygens (including phenoxy) is 1. The lowest BCUT2D eigenvalue weighted by atomic mass is 9.96. The fourth-order valence-corrected chi connectivity index (χ4v) is 3.45.